The Kier molecular flexibility index (Phi) is 6.18. The normalized spacial score (nSPS) is 30.2. The molecule has 3 heterocycles. The van der Waals surface area contributed by atoms with Crippen molar-refractivity contribution in [1.29, 1.82) is 0 Å². The first-order valence-corrected chi connectivity index (χ1v) is 9.76. The molecule has 2 aromatic rings. The molecule has 2 fully saturated rings. The summed E-state index contributed by atoms with van der Waals surface area (Å²) in [4.78, 5) is 11.1. The molecule has 2 saturated heterocycles. The fourth-order valence-electron chi connectivity index (χ4n) is 4.09. The van der Waals surface area contributed by atoms with E-state index in [4.69, 9.17) is 19.3 Å². The maximum Gasteiger partial charge on any atom is 0.329 e. The van der Waals surface area contributed by atoms with Gasteiger partial charge in [0.15, 0.2) is 23.2 Å². The molecule has 10 nitrogen and oxygen atoms in total. The minimum atomic E-state index is -1.63. The lowest BCUT2D eigenvalue weighted by Gasteiger charge is -2.49. The molecule has 1 aromatic carbocycles. The first kappa shape index (κ1) is 22.6. The van der Waals surface area contributed by atoms with Crippen molar-refractivity contribution < 1.29 is 47.5 Å². The molecule has 0 aliphatic carbocycles. The van der Waals surface area contributed by atoms with Gasteiger partial charge in [-0.2, -0.15) is 0 Å². The first-order valence-electron chi connectivity index (χ1n) is 9.76. The van der Waals surface area contributed by atoms with Crippen LogP contribution in [-0.4, -0.2) is 80.2 Å². The van der Waals surface area contributed by atoms with Gasteiger partial charge in [0.2, 0.25) is 0 Å². The largest absolute Gasteiger partial charge is 0.480 e. The van der Waals surface area contributed by atoms with Gasteiger partial charge in [0.1, 0.15) is 36.7 Å². The van der Waals surface area contributed by atoms with Crippen LogP contribution in [0.5, 0.6) is 0 Å². The van der Waals surface area contributed by atoms with E-state index in [-0.39, 0.29) is 17.9 Å². The van der Waals surface area contributed by atoms with E-state index in [1.54, 1.807) is 0 Å². The molecule has 5 atom stereocenters. The highest BCUT2D eigenvalue weighted by atomic mass is 19.2. The fraction of sp³-hybridized carbons (Fsp3) is 0.526. The van der Waals surface area contributed by atoms with E-state index in [1.165, 1.54) is 6.20 Å². The Balaban J connectivity index is 1.74. The van der Waals surface area contributed by atoms with Crippen molar-refractivity contribution >= 4 is 5.97 Å². The number of hydrogen-bond donors (Lipinski definition) is 3. The Hall–Kier alpha value is -2.58. The molecule has 32 heavy (non-hydrogen) atoms. The quantitative estimate of drug-likeness (QED) is 0.532. The van der Waals surface area contributed by atoms with Crippen LogP contribution in [0, 0.1) is 17.5 Å². The zero-order valence-corrected chi connectivity index (χ0v) is 16.5. The lowest BCUT2D eigenvalue weighted by molar-refractivity contribution is -0.345. The maximum absolute atomic E-state index is 13.6. The first-order chi connectivity index (χ1) is 15.3. The van der Waals surface area contributed by atoms with Gasteiger partial charge in [0.25, 0.3) is 0 Å². The van der Waals surface area contributed by atoms with Crippen LogP contribution < -0.4 is 0 Å². The van der Waals surface area contributed by atoms with E-state index in [0.717, 1.165) is 16.8 Å². The van der Waals surface area contributed by atoms with Gasteiger partial charge >= 0.3 is 5.97 Å². The number of aliphatic carboxylic acids is 1. The monoisotopic (exact) mass is 459 g/mol. The molecule has 174 valence electrons. The highest BCUT2D eigenvalue weighted by Gasteiger charge is 2.58. The third-order valence-corrected chi connectivity index (χ3v) is 5.50. The van der Waals surface area contributed by atoms with Crippen molar-refractivity contribution in [3.8, 4) is 11.3 Å². The topological polar surface area (TPSA) is 136 Å². The van der Waals surface area contributed by atoms with Gasteiger partial charge in [-0.1, -0.05) is 5.21 Å². The number of rotatable bonds is 6. The van der Waals surface area contributed by atoms with Crippen molar-refractivity contribution in [1.82, 2.24) is 15.0 Å². The summed E-state index contributed by atoms with van der Waals surface area (Å²) in [5.41, 5.74) is -0.150. The maximum atomic E-state index is 13.6. The fourth-order valence-corrected chi connectivity index (χ4v) is 4.09. The van der Waals surface area contributed by atoms with Crippen LogP contribution in [0.4, 0.5) is 13.2 Å². The number of aliphatic hydroxyl groups excluding tert-OH is 2. The summed E-state index contributed by atoms with van der Waals surface area (Å²) in [6.07, 6.45) is -1.62. The van der Waals surface area contributed by atoms with Crippen LogP contribution in [0.25, 0.3) is 11.3 Å². The minimum Gasteiger partial charge on any atom is -0.480 e. The zero-order valence-electron chi connectivity index (χ0n) is 16.5. The van der Waals surface area contributed by atoms with Crippen LogP contribution in [0.3, 0.4) is 0 Å². The average Bonchev–Trinajstić information content (AvgIpc) is 3.42. The number of carboxylic acid groups (broad SMARTS) is 1. The van der Waals surface area contributed by atoms with Gasteiger partial charge in [-0.15, -0.1) is 5.10 Å². The number of benzene rings is 1. The van der Waals surface area contributed by atoms with Crippen LogP contribution in [-0.2, 0) is 19.0 Å². The SMILES string of the molecule is O=C(O)CO[C@H]1[C@@H](n2cc(-c3cc(F)c(F)c(F)c3)nn2)[C@@H](O)[C@@H](CO)O[C@@]12CCCO2. The molecule has 2 aliphatic rings. The molecular formula is C19H20F3N3O7. The summed E-state index contributed by atoms with van der Waals surface area (Å²) in [5.74, 6) is -7.18. The highest BCUT2D eigenvalue weighted by Crippen LogP contribution is 2.44. The smallest absolute Gasteiger partial charge is 0.329 e. The van der Waals surface area contributed by atoms with Crippen molar-refractivity contribution in [3.05, 3.63) is 35.8 Å². The minimum absolute atomic E-state index is 0.0413. The lowest BCUT2D eigenvalue weighted by Crippen LogP contribution is -2.63. The number of ether oxygens (including phenoxy) is 3. The number of halogens is 3. The second kappa shape index (κ2) is 8.75. The molecule has 1 aromatic heterocycles. The standard InChI is InChI=1S/C19H20F3N3O7/c20-10-4-9(5-11(21)15(10)22)12-6-25(24-23-12)16-17(29)13(7-26)32-19(2-1-3-31-19)18(16)30-8-14(27)28/h4-6,13,16-18,26,29H,1-3,7-8H2,(H,27,28)/t13-,16+,17+,18+,19+/m1/s1. The molecule has 1 spiro atoms. The van der Waals surface area contributed by atoms with Crippen molar-refractivity contribution in [2.75, 3.05) is 19.8 Å². The van der Waals surface area contributed by atoms with Crippen LogP contribution in [0.1, 0.15) is 18.9 Å². The van der Waals surface area contributed by atoms with Crippen LogP contribution >= 0.6 is 0 Å². The number of aliphatic hydroxyl groups is 2. The molecule has 3 N–H and O–H groups in total. The average molecular weight is 459 g/mol. The molecule has 4 rings (SSSR count). The number of carbonyl (C=O) groups is 1. The zero-order chi connectivity index (χ0) is 23.0. The second-order valence-electron chi connectivity index (χ2n) is 7.55. The van der Waals surface area contributed by atoms with E-state index in [0.29, 0.717) is 12.8 Å². The van der Waals surface area contributed by atoms with Gasteiger partial charge in [-0.25, -0.2) is 22.6 Å². The van der Waals surface area contributed by atoms with E-state index < -0.39 is 66.8 Å². The second-order valence-corrected chi connectivity index (χ2v) is 7.55. The van der Waals surface area contributed by atoms with Crippen molar-refractivity contribution in [2.45, 2.75) is 43.0 Å². The van der Waals surface area contributed by atoms with Gasteiger partial charge in [0.05, 0.1) is 19.4 Å². The molecule has 0 saturated carbocycles. The number of hydrogen-bond acceptors (Lipinski definition) is 8. The Morgan fingerprint density at radius 1 is 1.31 bits per heavy atom. The Morgan fingerprint density at radius 3 is 2.62 bits per heavy atom. The van der Waals surface area contributed by atoms with Crippen molar-refractivity contribution in [2.24, 2.45) is 0 Å². The number of aromatic nitrogens is 3. The van der Waals surface area contributed by atoms with E-state index in [1.807, 2.05) is 0 Å². The third-order valence-electron chi connectivity index (χ3n) is 5.50. The Morgan fingerprint density at radius 2 is 2.03 bits per heavy atom. The third kappa shape index (κ3) is 3.97. The number of carboxylic acids is 1. The highest BCUT2D eigenvalue weighted by molar-refractivity contribution is 5.68. The van der Waals surface area contributed by atoms with Crippen molar-refractivity contribution in [3.63, 3.8) is 0 Å². The summed E-state index contributed by atoms with van der Waals surface area (Å²) in [6.45, 7) is -1.03. The summed E-state index contributed by atoms with van der Waals surface area (Å²) < 4.78 is 58.7. The van der Waals surface area contributed by atoms with Gasteiger partial charge in [0, 0.05) is 12.0 Å². The van der Waals surface area contributed by atoms with Gasteiger partial charge in [-0.3, -0.25) is 0 Å². The summed E-state index contributed by atoms with van der Waals surface area (Å²) in [7, 11) is 0. The predicted octanol–water partition coefficient (Wildman–Crippen LogP) is 0.632. The molecule has 0 radical (unpaired) electrons. The molecule has 0 bridgehead atoms. The molecule has 2 aliphatic heterocycles. The van der Waals surface area contributed by atoms with Gasteiger partial charge < -0.3 is 29.5 Å². The summed E-state index contributed by atoms with van der Waals surface area (Å²) in [5, 5.41) is 37.4. The molecule has 0 unspecified atom stereocenters. The van der Waals surface area contributed by atoms with Gasteiger partial charge in [-0.05, 0) is 18.6 Å². The Bertz CT molecular complexity index is 975. The summed E-state index contributed by atoms with van der Waals surface area (Å²) in [6, 6.07) is 0.350. The predicted molar refractivity (Wildman–Crippen MR) is 97.6 cm³/mol. The molecular weight excluding hydrogens is 439 g/mol. The number of nitrogens with zero attached hydrogens (tertiary/aromatic N) is 3. The molecule has 13 heteroatoms. The van der Waals surface area contributed by atoms with E-state index in [9.17, 15) is 28.2 Å². The van der Waals surface area contributed by atoms with Crippen LogP contribution in [0.15, 0.2) is 18.3 Å². The lowest BCUT2D eigenvalue weighted by atomic mass is 9.88. The van der Waals surface area contributed by atoms with E-state index >= 15 is 0 Å². The Labute approximate surface area is 179 Å². The molecule has 0 amide bonds. The summed E-state index contributed by atoms with van der Waals surface area (Å²) >= 11 is 0. The van der Waals surface area contributed by atoms with Crippen LogP contribution in [0.2, 0.25) is 0 Å². The van der Waals surface area contributed by atoms with E-state index in [2.05, 4.69) is 10.3 Å².